The van der Waals surface area contributed by atoms with Gasteiger partial charge in [-0.15, -0.1) is 0 Å². The summed E-state index contributed by atoms with van der Waals surface area (Å²) in [4.78, 5) is 2.19. The van der Waals surface area contributed by atoms with E-state index in [1.165, 1.54) is 0 Å². The van der Waals surface area contributed by atoms with E-state index in [0.29, 0.717) is 19.7 Å². The molecule has 0 spiro atoms. The zero-order chi connectivity index (χ0) is 13.7. The topological polar surface area (TPSA) is 71.5 Å². The van der Waals surface area contributed by atoms with Gasteiger partial charge in [-0.05, 0) is 6.07 Å². The van der Waals surface area contributed by atoms with Crippen LogP contribution in [-0.4, -0.2) is 44.4 Å². The number of para-hydroxylation sites is 1. The van der Waals surface area contributed by atoms with Crippen molar-refractivity contribution in [2.45, 2.75) is 12.1 Å². The maximum atomic E-state index is 8.98. The van der Waals surface area contributed by atoms with Crippen molar-refractivity contribution in [2.75, 3.05) is 33.4 Å². The molecule has 1 aliphatic rings. The number of hydrogen-bond donors (Lipinski definition) is 1. The van der Waals surface area contributed by atoms with E-state index in [1.54, 1.807) is 7.11 Å². The Morgan fingerprint density at radius 1 is 1.58 bits per heavy atom. The Bertz CT molecular complexity index is 458. The number of methoxy groups -OCH3 is 1. The lowest BCUT2D eigenvalue weighted by molar-refractivity contribution is -0.0164. The SMILES string of the molecule is COc1ccccc1C(CN)N1CCOC(C#N)C1. The molecular weight excluding hydrogens is 242 g/mol. The molecule has 1 fully saturated rings. The third-order valence-electron chi connectivity index (χ3n) is 3.40. The molecule has 0 radical (unpaired) electrons. The first kappa shape index (κ1) is 13.8. The van der Waals surface area contributed by atoms with Crippen molar-refractivity contribution in [3.05, 3.63) is 29.8 Å². The lowest BCUT2D eigenvalue weighted by atomic mass is 10.0. The standard InChI is InChI=1S/C14H19N3O2/c1-18-14-5-3-2-4-12(14)13(9-16)17-6-7-19-11(8-15)10-17/h2-5,11,13H,6-7,9-10,16H2,1H3. The van der Waals surface area contributed by atoms with E-state index >= 15 is 0 Å². The van der Waals surface area contributed by atoms with Gasteiger partial charge in [-0.3, -0.25) is 4.90 Å². The molecular formula is C14H19N3O2. The Morgan fingerprint density at radius 3 is 3.05 bits per heavy atom. The highest BCUT2D eigenvalue weighted by atomic mass is 16.5. The van der Waals surface area contributed by atoms with Crippen LogP contribution >= 0.6 is 0 Å². The number of nitriles is 1. The van der Waals surface area contributed by atoms with Crippen molar-refractivity contribution < 1.29 is 9.47 Å². The summed E-state index contributed by atoms with van der Waals surface area (Å²) >= 11 is 0. The van der Waals surface area contributed by atoms with Crippen LogP contribution in [0, 0.1) is 11.3 Å². The van der Waals surface area contributed by atoms with Gasteiger partial charge in [0.15, 0.2) is 6.10 Å². The molecule has 2 rings (SSSR count). The van der Waals surface area contributed by atoms with Crippen molar-refractivity contribution >= 4 is 0 Å². The van der Waals surface area contributed by atoms with E-state index in [2.05, 4.69) is 11.0 Å². The second kappa shape index (κ2) is 6.53. The molecule has 2 N–H and O–H groups in total. The maximum absolute atomic E-state index is 8.98. The van der Waals surface area contributed by atoms with Crippen LogP contribution in [-0.2, 0) is 4.74 Å². The molecule has 1 saturated heterocycles. The molecule has 0 aliphatic carbocycles. The summed E-state index contributed by atoms with van der Waals surface area (Å²) in [6.45, 7) is 2.40. The van der Waals surface area contributed by atoms with E-state index in [-0.39, 0.29) is 12.1 Å². The number of benzene rings is 1. The van der Waals surface area contributed by atoms with E-state index in [4.69, 9.17) is 20.5 Å². The molecule has 2 atom stereocenters. The fourth-order valence-corrected chi connectivity index (χ4v) is 2.44. The van der Waals surface area contributed by atoms with Crippen LogP contribution in [0.4, 0.5) is 0 Å². The number of hydrogen-bond acceptors (Lipinski definition) is 5. The molecule has 0 saturated carbocycles. The number of nitrogens with zero attached hydrogens (tertiary/aromatic N) is 2. The van der Waals surface area contributed by atoms with Gasteiger partial charge in [0.1, 0.15) is 5.75 Å². The zero-order valence-electron chi connectivity index (χ0n) is 11.1. The van der Waals surface area contributed by atoms with Crippen LogP contribution in [0.15, 0.2) is 24.3 Å². The number of ether oxygens (including phenoxy) is 2. The Morgan fingerprint density at radius 2 is 2.37 bits per heavy atom. The normalized spacial score (nSPS) is 21.6. The third kappa shape index (κ3) is 3.04. The van der Waals surface area contributed by atoms with Crippen LogP contribution < -0.4 is 10.5 Å². The van der Waals surface area contributed by atoms with Crippen molar-refractivity contribution in [1.82, 2.24) is 4.90 Å². The van der Waals surface area contributed by atoms with E-state index in [9.17, 15) is 0 Å². The molecule has 1 aromatic rings. The highest BCUT2D eigenvalue weighted by molar-refractivity contribution is 5.36. The van der Waals surface area contributed by atoms with Crippen LogP contribution in [0.3, 0.4) is 0 Å². The molecule has 102 valence electrons. The van der Waals surface area contributed by atoms with Crippen LogP contribution in [0.2, 0.25) is 0 Å². The van der Waals surface area contributed by atoms with Gasteiger partial charge in [-0.2, -0.15) is 5.26 Å². The van der Waals surface area contributed by atoms with Gasteiger partial charge in [-0.25, -0.2) is 0 Å². The van der Waals surface area contributed by atoms with Gasteiger partial charge >= 0.3 is 0 Å². The molecule has 2 unspecified atom stereocenters. The Labute approximate surface area is 113 Å². The molecule has 1 heterocycles. The molecule has 19 heavy (non-hydrogen) atoms. The van der Waals surface area contributed by atoms with Gasteiger partial charge in [0, 0.05) is 25.2 Å². The maximum Gasteiger partial charge on any atom is 0.156 e. The molecule has 1 aliphatic heterocycles. The summed E-state index contributed by atoms with van der Waals surface area (Å²) in [6.07, 6.45) is -0.377. The number of rotatable bonds is 4. The predicted octanol–water partition coefficient (Wildman–Crippen LogP) is 0.919. The van der Waals surface area contributed by atoms with Crippen molar-refractivity contribution in [3.8, 4) is 11.8 Å². The van der Waals surface area contributed by atoms with Gasteiger partial charge < -0.3 is 15.2 Å². The second-order valence-electron chi connectivity index (χ2n) is 4.48. The summed E-state index contributed by atoms with van der Waals surface area (Å²) in [5.74, 6) is 0.831. The fourth-order valence-electron chi connectivity index (χ4n) is 2.44. The van der Waals surface area contributed by atoms with Crippen LogP contribution in [0.5, 0.6) is 5.75 Å². The lowest BCUT2D eigenvalue weighted by Crippen LogP contribution is -2.45. The average molecular weight is 261 g/mol. The number of morpholine rings is 1. The Hall–Kier alpha value is -1.61. The van der Waals surface area contributed by atoms with Gasteiger partial charge in [0.2, 0.25) is 0 Å². The van der Waals surface area contributed by atoms with Crippen molar-refractivity contribution in [3.63, 3.8) is 0 Å². The third-order valence-corrected chi connectivity index (χ3v) is 3.40. The van der Waals surface area contributed by atoms with Gasteiger partial charge in [0.05, 0.1) is 25.8 Å². The molecule has 0 bridgehead atoms. The minimum absolute atomic E-state index is 0.0518. The highest BCUT2D eigenvalue weighted by Crippen LogP contribution is 2.29. The van der Waals surface area contributed by atoms with Crippen LogP contribution in [0.25, 0.3) is 0 Å². The first-order chi connectivity index (χ1) is 9.30. The largest absolute Gasteiger partial charge is 0.496 e. The number of nitrogens with two attached hydrogens (primary N) is 1. The molecule has 1 aromatic carbocycles. The summed E-state index contributed by atoms with van der Waals surface area (Å²) in [5.41, 5.74) is 6.99. The highest BCUT2D eigenvalue weighted by Gasteiger charge is 2.28. The average Bonchev–Trinajstić information content (AvgIpc) is 2.49. The van der Waals surface area contributed by atoms with Crippen LogP contribution in [0.1, 0.15) is 11.6 Å². The fraction of sp³-hybridized carbons (Fsp3) is 0.500. The summed E-state index contributed by atoms with van der Waals surface area (Å²) in [7, 11) is 1.66. The summed E-state index contributed by atoms with van der Waals surface area (Å²) < 4.78 is 10.8. The Kier molecular flexibility index (Phi) is 4.74. The van der Waals surface area contributed by atoms with E-state index < -0.39 is 0 Å². The smallest absolute Gasteiger partial charge is 0.156 e. The van der Waals surface area contributed by atoms with E-state index in [0.717, 1.165) is 17.9 Å². The molecule has 0 amide bonds. The van der Waals surface area contributed by atoms with Crippen molar-refractivity contribution in [2.24, 2.45) is 5.73 Å². The van der Waals surface area contributed by atoms with Gasteiger partial charge in [0.25, 0.3) is 0 Å². The second-order valence-corrected chi connectivity index (χ2v) is 4.48. The zero-order valence-corrected chi connectivity index (χ0v) is 11.1. The summed E-state index contributed by atoms with van der Waals surface area (Å²) in [6, 6.07) is 10.1. The monoisotopic (exact) mass is 261 g/mol. The van der Waals surface area contributed by atoms with Crippen molar-refractivity contribution in [1.29, 1.82) is 5.26 Å². The van der Waals surface area contributed by atoms with E-state index in [1.807, 2.05) is 24.3 Å². The minimum atomic E-state index is -0.377. The first-order valence-corrected chi connectivity index (χ1v) is 6.38. The first-order valence-electron chi connectivity index (χ1n) is 6.38. The summed E-state index contributed by atoms with van der Waals surface area (Å²) in [5, 5.41) is 8.98. The lowest BCUT2D eigenvalue weighted by Gasteiger charge is -2.36. The van der Waals surface area contributed by atoms with Gasteiger partial charge in [-0.1, -0.05) is 18.2 Å². The molecule has 0 aromatic heterocycles. The molecule has 5 heteroatoms. The molecule has 5 nitrogen and oxygen atoms in total. The Balaban J connectivity index is 2.22. The predicted molar refractivity (Wildman–Crippen MR) is 71.7 cm³/mol. The quantitative estimate of drug-likeness (QED) is 0.872. The minimum Gasteiger partial charge on any atom is -0.496 e.